The van der Waals surface area contributed by atoms with Crippen molar-refractivity contribution in [1.29, 1.82) is 0 Å². The van der Waals surface area contributed by atoms with Crippen LogP contribution in [0.5, 0.6) is 0 Å². The van der Waals surface area contributed by atoms with Crippen molar-refractivity contribution < 1.29 is 9.59 Å². The van der Waals surface area contributed by atoms with Gasteiger partial charge in [-0.3, -0.25) is 9.59 Å². The molecule has 1 saturated heterocycles. The normalized spacial score (nSPS) is 15.0. The van der Waals surface area contributed by atoms with Gasteiger partial charge in [-0.2, -0.15) is 0 Å². The fourth-order valence-corrected chi connectivity index (χ4v) is 2.57. The van der Waals surface area contributed by atoms with Gasteiger partial charge in [-0.05, 0) is 30.2 Å². The molecule has 0 bridgehead atoms. The van der Waals surface area contributed by atoms with E-state index in [2.05, 4.69) is 26.6 Å². The van der Waals surface area contributed by atoms with Crippen molar-refractivity contribution in [1.82, 2.24) is 10.2 Å². The third-order valence-electron chi connectivity index (χ3n) is 3.29. The lowest BCUT2D eigenvalue weighted by Gasteiger charge is -2.26. The number of halogens is 1. The molecule has 1 heterocycles. The minimum atomic E-state index is -0.566. The van der Waals surface area contributed by atoms with Gasteiger partial charge in [0.05, 0.1) is 0 Å². The summed E-state index contributed by atoms with van der Waals surface area (Å²) >= 11 is 3.40. The van der Waals surface area contributed by atoms with E-state index < -0.39 is 11.8 Å². The van der Waals surface area contributed by atoms with E-state index in [0.29, 0.717) is 18.8 Å². The van der Waals surface area contributed by atoms with Gasteiger partial charge < -0.3 is 15.5 Å². The summed E-state index contributed by atoms with van der Waals surface area (Å²) in [6.45, 7) is 4.63. The van der Waals surface area contributed by atoms with Gasteiger partial charge in [0, 0.05) is 36.3 Å². The quantitative estimate of drug-likeness (QED) is 0.800. The maximum absolute atomic E-state index is 12.0. The van der Waals surface area contributed by atoms with E-state index in [1.807, 2.05) is 25.1 Å². The Morgan fingerprint density at radius 3 is 2.70 bits per heavy atom. The van der Waals surface area contributed by atoms with Crippen LogP contribution in [0.15, 0.2) is 22.7 Å². The number of hydrogen-bond acceptors (Lipinski definition) is 3. The van der Waals surface area contributed by atoms with Gasteiger partial charge in [0.2, 0.25) is 0 Å². The summed E-state index contributed by atoms with van der Waals surface area (Å²) < 4.78 is 0.959. The molecule has 0 spiro atoms. The summed E-state index contributed by atoms with van der Waals surface area (Å²) in [4.78, 5) is 25.7. The maximum Gasteiger partial charge on any atom is 0.313 e. The van der Waals surface area contributed by atoms with Crippen molar-refractivity contribution in [2.24, 2.45) is 0 Å². The van der Waals surface area contributed by atoms with E-state index in [9.17, 15) is 9.59 Å². The lowest BCUT2D eigenvalue weighted by atomic mass is 10.1. The van der Waals surface area contributed by atoms with Gasteiger partial charge in [0.1, 0.15) is 0 Å². The van der Waals surface area contributed by atoms with Crippen molar-refractivity contribution in [2.75, 3.05) is 31.5 Å². The highest BCUT2D eigenvalue weighted by molar-refractivity contribution is 9.10. The standard InChI is InChI=1S/C14H18BrN3O2/c1-2-10-9-11(15)3-4-12(10)17-13(19)14(20)18-7-5-16-6-8-18/h3-4,9,16H,2,5-8H2,1H3,(H,17,19). The Bertz CT molecular complexity index is 513. The molecule has 1 fully saturated rings. The third kappa shape index (κ3) is 3.58. The lowest BCUT2D eigenvalue weighted by Crippen LogP contribution is -2.49. The Balaban J connectivity index is 2.05. The van der Waals surface area contributed by atoms with Crippen molar-refractivity contribution in [2.45, 2.75) is 13.3 Å². The van der Waals surface area contributed by atoms with E-state index in [1.165, 1.54) is 0 Å². The van der Waals surface area contributed by atoms with Crippen LogP contribution >= 0.6 is 15.9 Å². The third-order valence-corrected chi connectivity index (χ3v) is 3.79. The molecule has 2 N–H and O–H groups in total. The molecule has 2 amide bonds. The highest BCUT2D eigenvalue weighted by atomic mass is 79.9. The van der Waals surface area contributed by atoms with Gasteiger partial charge >= 0.3 is 11.8 Å². The van der Waals surface area contributed by atoms with Gasteiger partial charge in [-0.25, -0.2) is 0 Å². The van der Waals surface area contributed by atoms with Crippen LogP contribution in [0.3, 0.4) is 0 Å². The number of carbonyl (C=O) groups is 2. The molecule has 1 aromatic carbocycles. The average molecular weight is 340 g/mol. The van der Waals surface area contributed by atoms with E-state index in [1.54, 1.807) is 4.90 Å². The molecule has 5 nitrogen and oxygen atoms in total. The number of hydrogen-bond donors (Lipinski definition) is 2. The van der Waals surface area contributed by atoms with Gasteiger partial charge in [0.25, 0.3) is 0 Å². The molecule has 6 heteroatoms. The number of piperazine rings is 1. The molecule has 0 radical (unpaired) electrons. The largest absolute Gasteiger partial charge is 0.332 e. The minimum Gasteiger partial charge on any atom is -0.332 e. The second kappa shape index (κ2) is 6.85. The van der Waals surface area contributed by atoms with Crippen molar-refractivity contribution >= 4 is 33.4 Å². The van der Waals surface area contributed by atoms with Crippen molar-refractivity contribution in [3.8, 4) is 0 Å². The molecule has 0 aliphatic carbocycles. The summed E-state index contributed by atoms with van der Waals surface area (Å²) in [5.74, 6) is -1.03. The summed E-state index contributed by atoms with van der Waals surface area (Å²) in [6, 6.07) is 5.61. The first-order valence-corrected chi connectivity index (χ1v) is 7.50. The van der Waals surface area contributed by atoms with Crippen LogP contribution in [-0.4, -0.2) is 42.9 Å². The van der Waals surface area contributed by atoms with Gasteiger partial charge in [0.15, 0.2) is 0 Å². The second-order valence-corrected chi connectivity index (χ2v) is 5.57. The van der Waals surface area contributed by atoms with E-state index >= 15 is 0 Å². The molecular weight excluding hydrogens is 322 g/mol. The summed E-state index contributed by atoms with van der Waals surface area (Å²) in [5, 5.41) is 5.87. The zero-order valence-corrected chi connectivity index (χ0v) is 13.0. The first-order chi connectivity index (χ1) is 9.61. The number of rotatable bonds is 2. The number of nitrogens with zero attached hydrogens (tertiary/aromatic N) is 1. The second-order valence-electron chi connectivity index (χ2n) is 4.65. The molecule has 2 rings (SSSR count). The molecule has 0 saturated carbocycles. The molecule has 0 atom stereocenters. The molecular formula is C14H18BrN3O2. The lowest BCUT2D eigenvalue weighted by molar-refractivity contribution is -0.143. The molecule has 0 aromatic heterocycles. The number of aryl methyl sites for hydroxylation is 1. The Morgan fingerprint density at radius 1 is 1.35 bits per heavy atom. The highest BCUT2D eigenvalue weighted by Crippen LogP contribution is 2.21. The van der Waals surface area contributed by atoms with Crippen LogP contribution in [-0.2, 0) is 16.0 Å². The van der Waals surface area contributed by atoms with Crippen molar-refractivity contribution in [3.63, 3.8) is 0 Å². The minimum absolute atomic E-state index is 0.462. The van der Waals surface area contributed by atoms with E-state index in [-0.39, 0.29) is 0 Å². The summed E-state index contributed by atoms with van der Waals surface area (Å²) in [7, 11) is 0. The molecule has 1 aromatic rings. The fraction of sp³-hybridized carbons (Fsp3) is 0.429. The smallest absolute Gasteiger partial charge is 0.313 e. The van der Waals surface area contributed by atoms with Crippen LogP contribution in [0.2, 0.25) is 0 Å². The number of carbonyl (C=O) groups excluding carboxylic acids is 2. The van der Waals surface area contributed by atoms with E-state index in [0.717, 1.165) is 29.5 Å². The Morgan fingerprint density at radius 2 is 2.05 bits per heavy atom. The number of anilines is 1. The number of nitrogens with one attached hydrogen (secondary N) is 2. The first kappa shape index (κ1) is 15.0. The molecule has 1 aliphatic heterocycles. The predicted octanol–water partition coefficient (Wildman–Crippen LogP) is 1.38. The molecule has 20 heavy (non-hydrogen) atoms. The molecule has 0 unspecified atom stereocenters. The summed E-state index contributed by atoms with van der Waals surface area (Å²) in [6.07, 6.45) is 0.789. The molecule has 1 aliphatic rings. The van der Waals surface area contributed by atoms with E-state index in [4.69, 9.17) is 0 Å². The molecule has 108 valence electrons. The van der Waals surface area contributed by atoms with Crippen LogP contribution in [0.25, 0.3) is 0 Å². The zero-order valence-electron chi connectivity index (χ0n) is 11.4. The zero-order chi connectivity index (χ0) is 14.5. The van der Waals surface area contributed by atoms with Crippen LogP contribution in [0.1, 0.15) is 12.5 Å². The first-order valence-electron chi connectivity index (χ1n) is 6.71. The van der Waals surface area contributed by atoms with Crippen molar-refractivity contribution in [3.05, 3.63) is 28.2 Å². The topological polar surface area (TPSA) is 61.4 Å². The average Bonchev–Trinajstić information content (AvgIpc) is 2.49. The van der Waals surface area contributed by atoms with Gasteiger partial charge in [-0.1, -0.05) is 22.9 Å². The predicted molar refractivity (Wildman–Crippen MR) is 81.6 cm³/mol. The van der Waals surface area contributed by atoms with Crippen LogP contribution < -0.4 is 10.6 Å². The highest BCUT2D eigenvalue weighted by Gasteiger charge is 2.23. The fourth-order valence-electron chi connectivity index (χ4n) is 2.16. The maximum atomic E-state index is 12.0. The number of benzene rings is 1. The SMILES string of the molecule is CCc1cc(Br)ccc1NC(=O)C(=O)N1CCNCC1. The monoisotopic (exact) mass is 339 g/mol. The van der Waals surface area contributed by atoms with Crippen LogP contribution in [0.4, 0.5) is 5.69 Å². The Hall–Kier alpha value is -1.40. The Labute approximate surface area is 126 Å². The summed E-state index contributed by atoms with van der Waals surface area (Å²) in [5.41, 5.74) is 1.70. The van der Waals surface area contributed by atoms with Crippen LogP contribution in [0, 0.1) is 0 Å². The Kier molecular flexibility index (Phi) is 5.14. The van der Waals surface area contributed by atoms with Gasteiger partial charge in [-0.15, -0.1) is 0 Å². The number of amides is 2.